The highest BCUT2D eigenvalue weighted by atomic mass is 32.1. The standard InChI is InChI=1S/C26H27N3O3S/c1-18-8-10-19(11-9-18)17-27-25(31)21-5-2-3-6-22(21)28-24(30)20-12-14-29(15-13-20)26(32)23-7-4-16-33-23/h2-11,16,20H,12-15,17H2,1H3,(H,27,31)(H,28,30). The molecule has 3 amide bonds. The number of hydrogen-bond acceptors (Lipinski definition) is 4. The van der Waals surface area contributed by atoms with Crippen molar-refractivity contribution in [2.75, 3.05) is 18.4 Å². The van der Waals surface area contributed by atoms with Gasteiger partial charge in [0.1, 0.15) is 0 Å². The largest absolute Gasteiger partial charge is 0.348 e. The minimum atomic E-state index is -0.233. The molecule has 170 valence electrons. The van der Waals surface area contributed by atoms with Crippen molar-refractivity contribution in [2.24, 2.45) is 5.92 Å². The minimum absolute atomic E-state index is 0.0273. The average Bonchev–Trinajstić information content (AvgIpc) is 3.38. The van der Waals surface area contributed by atoms with Crippen LogP contribution in [0.5, 0.6) is 0 Å². The van der Waals surface area contributed by atoms with Crippen LogP contribution in [0.25, 0.3) is 0 Å². The van der Waals surface area contributed by atoms with Crippen molar-refractivity contribution in [3.8, 4) is 0 Å². The Kier molecular flexibility index (Phi) is 7.19. The fourth-order valence-electron chi connectivity index (χ4n) is 3.91. The number of anilines is 1. The molecule has 1 fully saturated rings. The number of carbonyl (C=O) groups excluding carboxylic acids is 3. The highest BCUT2D eigenvalue weighted by Gasteiger charge is 2.28. The van der Waals surface area contributed by atoms with E-state index in [-0.39, 0.29) is 23.6 Å². The molecule has 0 bridgehead atoms. The van der Waals surface area contributed by atoms with Gasteiger partial charge >= 0.3 is 0 Å². The maximum atomic E-state index is 12.9. The van der Waals surface area contributed by atoms with Gasteiger partial charge in [-0.2, -0.15) is 0 Å². The van der Waals surface area contributed by atoms with E-state index in [1.54, 1.807) is 24.3 Å². The van der Waals surface area contributed by atoms with E-state index in [0.29, 0.717) is 43.7 Å². The van der Waals surface area contributed by atoms with E-state index in [9.17, 15) is 14.4 Å². The summed E-state index contributed by atoms with van der Waals surface area (Å²) in [5.41, 5.74) is 3.11. The number of amides is 3. The molecule has 0 spiro atoms. The van der Waals surface area contributed by atoms with Crippen LogP contribution in [0.1, 0.15) is 44.0 Å². The smallest absolute Gasteiger partial charge is 0.263 e. The summed E-state index contributed by atoms with van der Waals surface area (Å²) in [6.45, 7) is 3.53. The van der Waals surface area contributed by atoms with Crippen LogP contribution < -0.4 is 10.6 Å². The second-order valence-corrected chi connectivity index (χ2v) is 9.19. The zero-order valence-electron chi connectivity index (χ0n) is 18.5. The van der Waals surface area contributed by atoms with Crippen LogP contribution in [0.3, 0.4) is 0 Å². The summed E-state index contributed by atoms with van der Waals surface area (Å²) < 4.78 is 0. The van der Waals surface area contributed by atoms with Crippen molar-refractivity contribution in [1.29, 1.82) is 0 Å². The third-order valence-electron chi connectivity index (χ3n) is 5.89. The summed E-state index contributed by atoms with van der Waals surface area (Å²) in [5.74, 6) is -0.514. The lowest BCUT2D eigenvalue weighted by molar-refractivity contribution is -0.121. The van der Waals surface area contributed by atoms with Crippen molar-refractivity contribution in [3.63, 3.8) is 0 Å². The molecule has 0 unspecified atom stereocenters. The molecule has 1 aromatic heterocycles. The molecular weight excluding hydrogens is 434 g/mol. The van der Waals surface area contributed by atoms with Gasteiger partial charge in [-0.15, -0.1) is 11.3 Å². The van der Waals surface area contributed by atoms with Gasteiger partial charge in [0.15, 0.2) is 0 Å². The van der Waals surface area contributed by atoms with E-state index in [2.05, 4.69) is 10.6 Å². The number of likely N-dealkylation sites (tertiary alicyclic amines) is 1. The molecule has 3 aromatic rings. The first-order chi connectivity index (χ1) is 16.0. The SMILES string of the molecule is Cc1ccc(CNC(=O)c2ccccc2NC(=O)C2CCN(C(=O)c3cccs3)CC2)cc1. The molecule has 2 aromatic carbocycles. The van der Waals surface area contributed by atoms with Crippen molar-refractivity contribution < 1.29 is 14.4 Å². The molecule has 2 heterocycles. The second kappa shape index (κ2) is 10.4. The summed E-state index contributed by atoms with van der Waals surface area (Å²) in [5, 5.41) is 7.75. The van der Waals surface area contributed by atoms with Gasteiger partial charge in [-0.05, 0) is 48.9 Å². The second-order valence-electron chi connectivity index (χ2n) is 8.25. The molecule has 6 nitrogen and oxygen atoms in total. The number of nitrogens with one attached hydrogen (secondary N) is 2. The topological polar surface area (TPSA) is 78.5 Å². The number of nitrogens with zero attached hydrogens (tertiary/aromatic N) is 1. The number of benzene rings is 2. The van der Waals surface area contributed by atoms with Gasteiger partial charge in [0.05, 0.1) is 16.1 Å². The van der Waals surface area contributed by atoms with E-state index in [4.69, 9.17) is 0 Å². The van der Waals surface area contributed by atoms with Crippen LogP contribution in [0.2, 0.25) is 0 Å². The lowest BCUT2D eigenvalue weighted by Gasteiger charge is -2.31. The monoisotopic (exact) mass is 461 g/mol. The van der Waals surface area contributed by atoms with Crippen LogP contribution in [0.15, 0.2) is 66.0 Å². The quantitative estimate of drug-likeness (QED) is 0.568. The van der Waals surface area contributed by atoms with Gasteiger partial charge in [0, 0.05) is 25.6 Å². The molecule has 0 saturated carbocycles. The zero-order valence-corrected chi connectivity index (χ0v) is 19.4. The van der Waals surface area contributed by atoms with Crippen LogP contribution in [0, 0.1) is 12.8 Å². The summed E-state index contributed by atoms with van der Waals surface area (Å²) in [6.07, 6.45) is 1.20. The molecule has 0 radical (unpaired) electrons. The van der Waals surface area contributed by atoms with Crippen molar-refractivity contribution in [1.82, 2.24) is 10.2 Å². The highest BCUT2D eigenvalue weighted by Crippen LogP contribution is 2.23. The number of piperidine rings is 1. The summed E-state index contributed by atoms with van der Waals surface area (Å²) in [6, 6.07) is 18.7. The van der Waals surface area contributed by atoms with Gasteiger partial charge in [-0.1, -0.05) is 48.0 Å². The van der Waals surface area contributed by atoms with Crippen molar-refractivity contribution in [2.45, 2.75) is 26.3 Å². The van der Waals surface area contributed by atoms with E-state index < -0.39 is 0 Å². The van der Waals surface area contributed by atoms with Crippen molar-refractivity contribution >= 4 is 34.7 Å². The van der Waals surface area contributed by atoms with Crippen LogP contribution >= 0.6 is 11.3 Å². The summed E-state index contributed by atoms with van der Waals surface area (Å²) in [4.78, 5) is 40.8. The molecule has 0 aliphatic carbocycles. The Balaban J connectivity index is 1.33. The van der Waals surface area contributed by atoms with Gasteiger partial charge in [0.2, 0.25) is 5.91 Å². The van der Waals surface area contributed by atoms with E-state index >= 15 is 0 Å². The van der Waals surface area contributed by atoms with Gasteiger partial charge in [0.25, 0.3) is 11.8 Å². The van der Waals surface area contributed by atoms with Crippen molar-refractivity contribution in [3.05, 3.63) is 87.6 Å². The normalized spacial score (nSPS) is 14.0. The first-order valence-corrected chi connectivity index (χ1v) is 12.0. The van der Waals surface area contributed by atoms with E-state index in [0.717, 1.165) is 10.4 Å². The third kappa shape index (κ3) is 5.68. The number of aryl methyl sites for hydroxylation is 1. The summed E-state index contributed by atoms with van der Waals surface area (Å²) in [7, 11) is 0. The fourth-order valence-corrected chi connectivity index (χ4v) is 4.60. The molecule has 4 rings (SSSR count). The zero-order chi connectivity index (χ0) is 23.2. The van der Waals surface area contributed by atoms with Crippen LogP contribution in [0.4, 0.5) is 5.69 Å². The molecule has 1 aliphatic heterocycles. The first kappa shape index (κ1) is 22.7. The molecule has 1 aliphatic rings. The predicted molar refractivity (Wildman–Crippen MR) is 130 cm³/mol. The lowest BCUT2D eigenvalue weighted by Crippen LogP contribution is -2.41. The summed E-state index contributed by atoms with van der Waals surface area (Å²) >= 11 is 1.43. The molecule has 2 N–H and O–H groups in total. The van der Waals surface area contributed by atoms with Gasteiger partial charge < -0.3 is 15.5 Å². The Morgan fingerprint density at radius 3 is 2.39 bits per heavy atom. The first-order valence-electron chi connectivity index (χ1n) is 11.1. The number of rotatable bonds is 6. The Hall–Kier alpha value is -3.45. The number of carbonyl (C=O) groups is 3. The van der Waals surface area contributed by atoms with Crippen LogP contribution in [-0.2, 0) is 11.3 Å². The number of hydrogen-bond donors (Lipinski definition) is 2. The average molecular weight is 462 g/mol. The fraction of sp³-hybridized carbons (Fsp3) is 0.269. The van der Waals surface area contributed by atoms with E-state index in [1.807, 2.05) is 53.6 Å². The minimum Gasteiger partial charge on any atom is -0.348 e. The molecule has 33 heavy (non-hydrogen) atoms. The van der Waals surface area contributed by atoms with Gasteiger partial charge in [-0.3, -0.25) is 14.4 Å². The Morgan fingerprint density at radius 2 is 1.70 bits per heavy atom. The third-order valence-corrected chi connectivity index (χ3v) is 6.75. The molecular formula is C26H27N3O3S. The maximum Gasteiger partial charge on any atom is 0.263 e. The Morgan fingerprint density at radius 1 is 0.970 bits per heavy atom. The van der Waals surface area contributed by atoms with E-state index in [1.165, 1.54) is 16.9 Å². The molecule has 1 saturated heterocycles. The molecule has 7 heteroatoms. The van der Waals surface area contributed by atoms with Crippen LogP contribution in [-0.4, -0.2) is 35.7 Å². The predicted octanol–water partition coefficient (Wildman–Crippen LogP) is 4.48. The Bertz CT molecular complexity index is 1120. The lowest BCUT2D eigenvalue weighted by atomic mass is 9.95. The van der Waals surface area contributed by atoms with Gasteiger partial charge in [-0.25, -0.2) is 0 Å². The molecule has 0 atom stereocenters. The highest BCUT2D eigenvalue weighted by molar-refractivity contribution is 7.12. The maximum absolute atomic E-state index is 12.9. The number of thiophene rings is 1. The number of para-hydroxylation sites is 1. The Labute approximate surface area is 197 Å².